The molecule has 0 saturated carbocycles. The second-order valence-electron chi connectivity index (χ2n) is 6.45. The lowest BCUT2D eigenvalue weighted by molar-refractivity contribution is 0.265. The van der Waals surface area contributed by atoms with Crippen molar-refractivity contribution < 1.29 is 4.74 Å². The Hall–Kier alpha value is -1.51. The van der Waals surface area contributed by atoms with Crippen molar-refractivity contribution in [2.75, 3.05) is 19.5 Å². The molecule has 0 amide bonds. The first-order chi connectivity index (χ1) is 12.4. The van der Waals surface area contributed by atoms with Crippen molar-refractivity contribution in [3.63, 3.8) is 0 Å². The molecule has 0 saturated heterocycles. The van der Waals surface area contributed by atoms with Crippen LogP contribution in [0.2, 0.25) is 5.02 Å². The largest absolute Gasteiger partial charge is 0.495 e. The molecule has 2 aromatic rings. The quantitative estimate of drug-likeness (QED) is 0.326. The molecule has 27 heavy (non-hydrogen) atoms. The fraction of sp³-hybridized carbons (Fsp3) is 0.350. The van der Waals surface area contributed by atoms with Crippen molar-refractivity contribution in [1.82, 2.24) is 4.90 Å². The molecule has 3 N–H and O–H groups in total. The molecule has 148 valence electrons. The molecule has 5 nitrogen and oxygen atoms in total. The van der Waals surface area contributed by atoms with Crippen LogP contribution in [0.15, 0.2) is 47.5 Å². The van der Waals surface area contributed by atoms with E-state index in [4.69, 9.17) is 22.1 Å². The van der Waals surface area contributed by atoms with Gasteiger partial charge in [-0.2, -0.15) is 0 Å². The lowest BCUT2D eigenvalue weighted by Gasteiger charge is -2.22. The van der Waals surface area contributed by atoms with Crippen molar-refractivity contribution in [3.8, 4) is 5.75 Å². The zero-order chi connectivity index (χ0) is 19.1. The van der Waals surface area contributed by atoms with E-state index in [-0.39, 0.29) is 24.0 Å². The lowest BCUT2D eigenvalue weighted by atomic mass is 10.1. The highest BCUT2D eigenvalue weighted by Crippen LogP contribution is 2.27. The number of aliphatic imine (C=N–C) groups is 1. The Kier molecular flexibility index (Phi) is 9.90. The van der Waals surface area contributed by atoms with Gasteiger partial charge in [0.2, 0.25) is 0 Å². The van der Waals surface area contributed by atoms with Crippen molar-refractivity contribution in [1.29, 1.82) is 0 Å². The number of halogens is 2. The minimum Gasteiger partial charge on any atom is -0.495 e. The van der Waals surface area contributed by atoms with Crippen LogP contribution < -0.4 is 15.8 Å². The maximum atomic E-state index is 6.13. The van der Waals surface area contributed by atoms with Crippen LogP contribution in [-0.4, -0.2) is 31.1 Å². The van der Waals surface area contributed by atoms with E-state index < -0.39 is 0 Å². The summed E-state index contributed by atoms with van der Waals surface area (Å²) in [6, 6.07) is 14.2. The third-order valence-corrected chi connectivity index (χ3v) is 4.56. The first kappa shape index (κ1) is 23.5. The van der Waals surface area contributed by atoms with Crippen molar-refractivity contribution >= 4 is 47.2 Å². The minimum absolute atomic E-state index is 0. The molecule has 7 heteroatoms. The van der Waals surface area contributed by atoms with E-state index >= 15 is 0 Å². The zero-order valence-electron chi connectivity index (χ0n) is 16.2. The number of hydrogen-bond donors (Lipinski definition) is 2. The second-order valence-corrected chi connectivity index (χ2v) is 6.86. The van der Waals surface area contributed by atoms with E-state index in [1.165, 1.54) is 5.56 Å². The van der Waals surface area contributed by atoms with Gasteiger partial charge in [0.1, 0.15) is 5.75 Å². The summed E-state index contributed by atoms with van der Waals surface area (Å²) in [6.07, 6.45) is 0. The molecule has 0 aromatic heterocycles. The smallest absolute Gasteiger partial charge is 0.193 e. The Morgan fingerprint density at radius 3 is 2.48 bits per heavy atom. The van der Waals surface area contributed by atoms with Gasteiger partial charge in [-0.3, -0.25) is 4.90 Å². The number of guanidine groups is 1. The van der Waals surface area contributed by atoms with E-state index in [2.05, 4.69) is 54.3 Å². The maximum Gasteiger partial charge on any atom is 0.193 e. The van der Waals surface area contributed by atoms with Crippen LogP contribution in [-0.2, 0) is 13.1 Å². The molecule has 0 radical (unpaired) electrons. The topological polar surface area (TPSA) is 62.9 Å². The van der Waals surface area contributed by atoms with Gasteiger partial charge in [-0.1, -0.05) is 35.9 Å². The fourth-order valence-corrected chi connectivity index (χ4v) is 2.68. The molecule has 0 atom stereocenters. The number of benzene rings is 2. The summed E-state index contributed by atoms with van der Waals surface area (Å²) in [7, 11) is 3.70. The second kappa shape index (κ2) is 11.4. The number of nitrogens with one attached hydrogen (secondary N) is 1. The number of methoxy groups -OCH3 is 1. The third kappa shape index (κ3) is 7.20. The first-order valence-corrected chi connectivity index (χ1v) is 8.96. The molecule has 0 bridgehead atoms. The van der Waals surface area contributed by atoms with Gasteiger partial charge in [0.15, 0.2) is 5.96 Å². The molecule has 0 heterocycles. The van der Waals surface area contributed by atoms with E-state index in [9.17, 15) is 0 Å². The maximum absolute atomic E-state index is 6.13. The Labute approximate surface area is 184 Å². The summed E-state index contributed by atoms with van der Waals surface area (Å²) >= 11 is 6.13. The van der Waals surface area contributed by atoms with Crippen molar-refractivity contribution in [3.05, 3.63) is 58.6 Å². The van der Waals surface area contributed by atoms with E-state index in [1.807, 2.05) is 12.1 Å². The minimum atomic E-state index is 0. The third-order valence-electron chi connectivity index (χ3n) is 4.26. The predicted molar refractivity (Wildman–Crippen MR) is 125 cm³/mol. The highest BCUT2D eigenvalue weighted by Gasteiger charge is 2.08. The summed E-state index contributed by atoms with van der Waals surface area (Å²) in [5.74, 6) is 0.967. The summed E-state index contributed by atoms with van der Waals surface area (Å²) in [5.41, 5.74) is 9.22. The van der Waals surface area contributed by atoms with Crippen LogP contribution in [0, 0.1) is 0 Å². The van der Waals surface area contributed by atoms with Gasteiger partial charge in [-0.05, 0) is 50.2 Å². The highest BCUT2D eigenvalue weighted by atomic mass is 127. The summed E-state index contributed by atoms with van der Waals surface area (Å²) in [4.78, 5) is 6.76. The van der Waals surface area contributed by atoms with Crippen LogP contribution in [0.4, 0.5) is 5.69 Å². The SMILES string of the molecule is COc1ccc(NC(N)=NCc2ccccc2CN(C)C(C)C)cc1Cl.I. The first-order valence-electron chi connectivity index (χ1n) is 8.58. The molecule has 0 aliphatic heterocycles. The summed E-state index contributed by atoms with van der Waals surface area (Å²) < 4.78 is 5.15. The van der Waals surface area contributed by atoms with Crippen LogP contribution in [0.25, 0.3) is 0 Å². The molecule has 0 unspecified atom stereocenters. The van der Waals surface area contributed by atoms with Gasteiger partial charge in [0.25, 0.3) is 0 Å². The van der Waals surface area contributed by atoms with Gasteiger partial charge in [-0.25, -0.2) is 4.99 Å². The number of anilines is 1. The number of hydrogen-bond acceptors (Lipinski definition) is 3. The average Bonchev–Trinajstić information content (AvgIpc) is 2.61. The van der Waals surface area contributed by atoms with Gasteiger partial charge in [-0.15, -0.1) is 24.0 Å². The normalized spacial score (nSPS) is 11.4. The Morgan fingerprint density at radius 1 is 1.22 bits per heavy atom. The molecule has 0 aliphatic rings. The van der Waals surface area contributed by atoms with Gasteiger partial charge in [0, 0.05) is 18.3 Å². The molecule has 0 aliphatic carbocycles. The Bertz CT molecular complexity index is 767. The molecular weight excluding hydrogens is 475 g/mol. The summed E-state index contributed by atoms with van der Waals surface area (Å²) in [6.45, 7) is 5.76. The molecular formula is C20H28ClIN4O. The number of rotatable bonds is 7. The molecule has 0 fully saturated rings. The van der Waals surface area contributed by atoms with E-state index in [1.54, 1.807) is 19.2 Å². The number of nitrogens with zero attached hydrogens (tertiary/aromatic N) is 2. The van der Waals surface area contributed by atoms with Crippen LogP contribution in [0.1, 0.15) is 25.0 Å². The Morgan fingerprint density at radius 2 is 1.89 bits per heavy atom. The fourth-order valence-electron chi connectivity index (χ4n) is 2.42. The standard InChI is InChI=1S/C20H27ClN4O.HI/c1-14(2)25(3)13-16-8-6-5-7-15(16)12-23-20(22)24-17-9-10-19(26-4)18(21)11-17;/h5-11,14H,12-13H2,1-4H3,(H3,22,23,24);1H. The predicted octanol–water partition coefficient (Wildman–Crippen LogP) is 4.73. The average molecular weight is 503 g/mol. The summed E-state index contributed by atoms with van der Waals surface area (Å²) in [5, 5.41) is 3.58. The molecule has 0 spiro atoms. The molecule has 2 aromatic carbocycles. The number of nitrogens with two attached hydrogens (primary N) is 1. The van der Waals surface area contributed by atoms with Crippen LogP contribution in [0.3, 0.4) is 0 Å². The monoisotopic (exact) mass is 502 g/mol. The van der Waals surface area contributed by atoms with Crippen LogP contribution >= 0.6 is 35.6 Å². The molecule has 2 rings (SSSR count). The lowest BCUT2D eigenvalue weighted by Crippen LogP contribution is -2.26. The zero-order valence-corrected chi connectivity index (χ0v) is 19.3. The Balaban J connectivity index is 0.00000364. The van der Waals surface area contributed by atoms with Gasteiger partial charge >= 0.3 is 0 Å². The van der Waals surface area contributed by atoms with Gasteiger partial charge < -0.3 is 15.8 Å². The van der Waals surface area contributed by atoms with E-state index in [0.29, 0.717) is 29.3 Å². The van der Waals surface area contributed by atoms with Crippen LogP contribution in [0.5, 0.6) is 5.75 Å². The van der Waals surface area contributed by atoms with Crippen molar-refractivity contribution in [2.45, 2.75) is 33.0 Å². The van der Waals surface area contributed by atoms with E-state index in [0.717, 1.165) is 17.8 Å². The van der Waals surface area contributed by atoms with Crippen molar-refractivity contribution in [2.24, 2.45) is 10.7 Å². The van der Waals surface area contributed by atoms with Gasteiger partial charge in [0.05, 0.1) is 18.7 Å². The number of ether oxygens (including phenoxy) is 1. The highest BCUT2D eigenvalue weighted by molar-refractivity contribution is 14.0.